The van der Waals surface area contributed by atoms with E-state index in [9.17, 15) is 4.79 Å². The molecule has 1 aliphatic rings. The number of nitrogens with two attached hydrogens (primary N) is 1. The lowest BCUT2D eigenvalue weighted by Crippen LogP contribution is -2.38. The quantitative estimate of drug-likeness (QED) is 0.551. The number of nitrogen functional groups attached to an aromatic ring is 1. The molecule has 24 heavy (non-hydrogen) atoms. The van der Waals surface area contributed by atoms with Crippen molar-refractivity contribution in [3.8, 4) is 0 Å². The van der Waals surface area contributed by atoms with Gasteiger partial charge >= 0.3 is 0 Å². The van der Waals surface area contributed by atoms with E-state index in [4.69, 9.17) is 5.73 Å². The van der Waals surface area contributed by atoms with E-state index in [0.29, 0.717) is 17.3 Å². The third-order valence-electron chi connectivity index (χ3n) is 4.50. The molecular formula is C19H22IN3O. The molecule has 1 unspecified atom stereocenters. The molecule has 1 atom stereocenters. The Bertz CT molecular complexity index is 747. The number of rotatable bonds is 3. The lowest BCUT2D eigenvalue weighted by Gasteiger charge is -2.36. The van der Waals surface area contributed by atoms with Crippen molar-refractivity contribution in [2.24, 2.45) is 0 Å². The Morgan fingerprint density at radius 3 is 2.79 bits per heavy atom. The summed E-state index contributed by atoms with van der Waals surface area (Å²) < 4.78 is 0.935. The summed E-state index contributed by atoms with van der Waals surface area (Å²) in [5.41, 5.74) is 9.13. The summed E-state index contributed by atoms with van der Waals surface area (Å²) in [6, 6.07) is 13.8. The molecule has 1 saturated heterocycles. The first-order valence-electron chi connectivity index (χ1n) is 8.28. The second-order valence-electron chi connectivity index (χ2n) is 6.25. The maximum atomic E-state index is 12.7. The van der Waals surface area contributed by atoms with Crippen molar-refractivity contribution in [1.29, 1.82) is 0 Å². The van der Waals surface area contributed by atoms with Crippen LogP contribution in [0.1, 0.15) is 36.5 Å². The van der Waals surface area contributed by atoms with Crippen molar-refractivity contribution < 1.29 is 4.79 Å². The van der Waals surface area contributed by atoms with Gasteiger partial charge in [0.1, 0.15) is 0 Å². The standard InChI is InChI=1S/C19H22IN3O/c1-13-6-4-5-11-23(13)18-10-9-14(21)12-17(18)22-19(24)15-7-2-3-8-16(15)20/h2-3,7-10,12-13H,4-6,11,21H2,1H3,(H,22,24). The van der Waals surface area contributed by atoms with E-state index in [1.807, 2.05) is 42.5 Å². The summed E-state index contributed by atoms with van der Waals surface area (Å²) in [7, 11) is 0. The minimum atomic E-state index is -0.100. The highest BCUT2D eigenvalue weighted by molar-refractivity contribution is 14.1. The second kappa shape index (κ2) is 7.42. The molecule has 2 aromatic rings. The number of benzene rings is 2. The Morgan fingerprint density at radius 1 is 1.25 bits per heavy atom. The first-order valence-corrected chi connectivity index (χ1v) is 9.36. The van der Waals surface area contributed by atoms with Crippen LogP contribution in [0.2, 0.25) is 0 Å². The van der Waals surface area contributed by atoms with Crippen LogP contribution in [0.4, 0.5) is 17.1 Å². The first-order chi connectivity index (χ1) is 11.6. The highest BCUT2D eigenvalue weighted by Crippen LogP contribution is 2.33. The Hall–Kier alpha value is -1.76. The number of anilines is 3. The molecule has 2 aromatic carbocycles. The zero-order valence-corrected chi connectivity index (χ0v) is 15.9. The van der Waals surface area contributed by atoms with Gasteiger partial charge in [0.15, 0.2) is 0 Å². The highest BCUT2D eigenvalue weighted by Gasteiger charge is 2.22. The first kappa shape index (κ1) is 17.1. The highest BCUT2D eigenvalue weighted by atomic mass is 127. The Morgan fingerprint density at radius 2 is 2.04 bits per heavy atom. The molecule has 126 valence electrons. The average molecular weight is 435 g/mol. The van der Waals surface area contributed by atoms with Gasteiger partial charge in [-0.1, -0.05) is 12.1 Å². The minimum Gasteiger partial charge on any atom is -0.399 e. The number of piperidine rings is 1. The predicted molar refractivity (Wildman–Crippen MR) is 109 cm³/mol. The molecule has 0 aliphatic carbocycles. The van der Waals surface area contributed by atoms with E-state index < -0.39 is 0 Å². The molecule has 4 nitrogen and oxygen atoms in total. The summed E-state index contributed by atoms with van der Waals surface area (Å²) in [6.07, 6.45) is 3.61. The number of amides is 1. The van der Waals surface area contributed by atoms with Crippen LogP contribution in [0.15, 0.2) is 42.5 Å². The number of nitrogens with one attached hydrogen (secondary N) is 1. The third kappa shape index (κ3) is 3.66. The molecule has 5 heteroatoms. The Balaban J connectivity index is 1.91. The zero-order valence-electron chi connectivity index (χ0n) is 13.8. The molecule has 3 N–H and O–H groups in total. The third-order valence-corrected chi connectivity index (χ3v) is 5.44. The average Bonchev–Trinajstić information content (AvgIpc) is 2.56. The van der Waals surface area contributed by atoms with Crippen LogP contribution in [-0.4, -0.2) is 18.5 Å². The summed E-state index contributed by atoms with van der Waals surface area (Å²) in [6.45, 7) is 3.25. The Kier molecular flexibility index (Phi) is 5.28. The second-order valence-corrected chi connectivity index (χ2v) is 7.41. The van der Waals surface area contributed by atoms with Crippen molar-refractivity contribution in [3.05, 3.63) is 51.6 Å². The molecule has 3 rings (SSSR count). The van der Waals surface area contributed by atoms with Gasteiger partial charge in [-0.2, -0.15) is 0 Å². The number of hydrogen-bond donors (Lipinski definition) is 2. The van der Waals surface area contributed by atoms with E-state index in [1.54, 1.807) is 0 Å². The van der Waals surface area contributed by atoms with Gasteiger partial charge in [0, 0.05) is 21.8 Å². The maximum Gasteiger partial charge on any atom is 0.256 e. The summed E-state index contributed by atoms with van der Waals surface area (Å²) in [5, 5.41) is 3.06. The summed E-state index contributed by atoms with van der Waals surface area (Å²) >= 11 is 2.18. The van der Waals surface area contributed by atoms with Crippen molar-refractivity contribution in [3.63, 3.8) is 0 Å². The molecule has 0 spiro atoms. The number of halogens is 1. The normalized spacial score (nSPS) is 17.6. The number of nitrogens with zero attached hydrogens (tertiary/aromatic N) is 1. The molecule has 0 radical (unpaired) electrons. The van der Waals surface area contributed by atoms with E-state index >= 15 is 0 Å². The van der Waals surface area contributed by atoms with Crippen molar-refractivity contribution >= 4 is 45.6 Å². The van der Waals surface area contributed by atoms with E-state index in [1.165, 1.54) is 19.3 Å². The van der Waals surface area contributed by atoms with Gasteiger partial charge in [-0.15, -0.1) is 0 Å². The van der Waals surface area contributed by atoms with Crippen LogP contribution in [0.25, 0.3) is 0 Å². The summed E-state index contributed by atoms with van der Waals surface area (Å²) in [4.78, 5) is 15.1. The van der Waals surface area contributed by atoms with Crippen LogP contribution < -0.4 is 16.0 Å². The molecule has 1 heterocycles. The van der Waals surface area contributed by atoms with Crippen LogP contribution in [0.3, 0.4) is 0 Å². The van der Waals surface area contributed by atoms with Gasteiger partial charge in [0.2, 0.25) is 0 Å². The smallest absolute Gasteiger partial charge is 0.256 e. The summed E-state index contributed by atoms with van der Waals surface area (Å²) in [5.74, 6) is -0.100. The monoisotopic (exact) mass is 435 g/mol. The maximum absolute atomic E-state index is 12.7. The van der Waals surface area contributed by atoms with E-state index in [-0.39, 0.29) is 5.91 Å². The van der Waals surface area contributed by atoms with Gasteiger partial charge in [0.05, 0.1) is 16.9 Å². The fraction of sp³-hybridized carbons (Fsp3) is 0.316. The Labute approximate surface area is 156 Å². The van der Waals surface area contributed by atoms with Gasteiger partial charge in [0.25, 0.3) is 5.91 Å². The van der Waals surface area contributed by atoms with Crippen LogP contribution in [-0.2, 0) is 0 Å². The number of carbonyl (C=O) groups excluding carboxylic acids is 1. The van der Waals surface area contributed by atoms with E-state index in [0.717, 1.165) is 21.5 Å². The number of carbonyl (C=O) groups is 1. The predicted octanol–water partition coefficient (Wildman–Crippen LogP) is 4.50. The number of hydrogen-bond acceptors (Lipinski definition) is 3. The van der Waals surface area contributed by atoms with Crippen LogP contribution in [0.5, 0.6) is 0 Å². The topological polar surface area (TPSA) is 58.4 Å². The van der Waals surface area contributed by atoms with Gasteiger partial charge in [-0.25, -0.2) is 0 Å². The molecule has 0 bridgehead atoms. The molecule has 0 saturated carbocycles. The van der Waals surface area contributed by atoms with Gasteiger partial charge in [-0.3, -0.25) is 4.79 Å². The lowest BCUT2D eigenvalue weighted by molar-refractivity contribution is 0.102. The van der Waals surface area contributed by atoms with Gasteiger partial charge in [-0.05, 0) is 79.1 Å². The van der Waals surface area contributed by atoms with E-state index in [2.05, 4.69) is 39.7 Å². The molecule has 1 aliphatic heterocycles. The molecule has 0 aromatic heterocycles. The van der Waals surface area contributed by atoms with Gasteiger partial charge < -0.3 is 16.0 Å². The SMILES string of the molecule is CC1CCCCN1c1ccc(N)cc1NC(=O)c1ccccc1I. The fourth-order valence-corrected chi connectivity index (χ4v) is 3.83. The van der Waals surface area contributed by atoms with Crippen LogP contribution >= 0.6 is 22.6 Å². The van der Waals surface area contributed by atoms with Crippen molar-refractivity contribution in [2.45, 2.75) is 32.2 Å². The fourth-order valence-electron chi connectivity index (χ4n) is 3.20. The molecule has 1 amide bonds. The lowest BCUT2D eigenvalue weighted by atomic mass is 10.0. The molecular weight excluding hydrogens is 413 g/mol. The van der Waals surface area contributed by atoms with Crippen molar-refractivity contribution in [1.82, 2.24) is 0 Å². The van der Waals surface area contributed by atoms with Crippen molar-refractivity contribution in [2.75, 3.05) is 22.5 Å². The molecule has 1 fully saturated rings. The zero-order chi connectivity index (χ0) is 17.1. The minimum absolute atomic E-state index is 0.100. The van der Waals surface area contributed by atoms with Crippen LogP contribution in [0, 0.1) is 3.57 Å². The largest absolute Gasteiger partial charge is 0.399 e.